The summed E-state index contributed by atoms with van der Waals surface area (Å²) in [7, 11) is 0. The van der Waals surface area contributed by atoms with Gasteiger partial charge < -0.3 is 14.6 Å². The molecule has 0 unspecified atom stereocenters. The molecule has 0 atom stereocenters. The van der Waals surface area contributed by atoms with E-state index in [1.807, 2.05) is 11.0 Å². The molecule has 1 aliphatic rings. The van der Waals surface area contributed by atoms with Gasteiger partial charge >= 0.3 is 0 Å². The molecule has 1 amide bonds. The van der Waals surface area contributed by atoms with E-state index in [2.05, 4.69) is 29.4 Å². The van der Waals surface area contributed by atoms with Crippen molar-refractivity contribution < 1.29 is 9.53 Å². The third kappa shape index (κ3) is 3.92. The zero-order valence-corrected chi connectivity index (χ0v) is 16.3. The first-order valence-electron chi connectivity index (χ1n) is 9.03. The Hall–Kier alpha value is -2.17. The topological polar surface area (TPSA) is 45.3 Å². The fraction of sp³-hybridized carbons (Fsp3) is 0.286. The summed E-state index contributed by atoms with van der Waals surface area (Å²) in [5.74, 6) is 0.878. The number of H-pyrrole nitrogens is 1. The van der Waals surface area contributed by atoms with Crippen LogP contribution in [0, 0.1) is 0 Å². The summed E-state index contributed by atoms with van der Waals surface area (Å²) in [6, 6.07) is 13.3. The van der Waals surface area contributed by atoms with Gasteiger partial charge in [-0.05, 0) is 42.5 Å². The minimum Gasteiger partial charge on any atom is -0.482 e. The monoisotopic (exact) mass is 402 g/mol. The lowest BCUT2D eigenvalue weighted by molar-refractivity contribution is -0.134. The molecule has 3 aromatic rings. The van der Waals surface area contributed by atoms with Gasteiger partial charge in [-0.2, -0.15) is 0 Å². The van der Waals surface area contributed by atoms with Crippen molar-refractivity contribution in [1.29, 1.82) is 0 Å². The summed E-state index contributed by atoms with van der Waals surface area (Å²) >= 11 is 12.0. The maximum absolute atomic E-state index is 12.5. The summed E-state index contributed by atoms with van der Waals surface area (Å²) < 4.78 is 5.58. The van der Waals surface area contributed by atoms with E-state index in [1.165, 1.54) is 10.9 Å². The Bertz CT molecular complexity index is 962. The second kappa shape index (κ2) is 7.83. The van der Waals surface area contributed by atoms with Gasteiger partial charge in [0.25, 0.3) is 5.91 Å². The van der Waals surface area contributed by atoms with Gasteiger partial charge in [0.05, 0.1) is 5.02 Å². The van der Waals surface area contributed by atoms with Crippen molar-refractivity contribution in [1.82, 2.24) is 9.88 Å². The van der Waals surface area contributed by atoms with Crippen LogP contribution in [0.5, 0.6) is 5.75 Å². The molecule has 6 heteroatoms. The first-order chi connectivity index (χ1) is 13.1. The SMILES string of the molecule is O=C(COc1cc(Cl)ccc1Cl)N1CCC(c2c[nH]c3ccccc23)CC1. The zero-order valence-electron chi connectivity index (χ0n) is 14.8. The predicted octanol–water partition coefficient (Wildman–Crippen LogP) is 5.26. The van der Waals surface area contributed by atoms with Gasteiger partial charge in [0.1, 0.15) is 5.75 Å². The smallest absolute Gasteiger partial charge is 0.260 e. The Balaban J connectivity index is 1.35. The number of amides is 1. The third-order valence-corrected chi connectivity index (χ3v) is 5.70. The van der Waals surface area contributed by atoms with E-state index in [1.54, 1.807) is 18.2 Å². The van der Waals surface area contributed by atoms with Crippen molar-refractivity contribution in [3.8, 4) is 5.75 Å². The number of benzene rings is 2. The molecule has 0 aliphatic carbocycles. The number of nitrogens with one attached hydrogen (secondary N) is 1. The number of fused-ring (bicyclic) bond motifs is 1. The minimum atomic E-state index is -0.0299. The number of para-hydroxylation sites is 1. The number of piperidine rings is 1. The summed E-state index contributed by atoms with van der Waals surface area (Å²) in [5.41, 5.74) is 2.51. The van der Waals surface area contributed by atoms with Gasteiger partial charge in [-0.1, -0.05) is 41.4 Å². The largest absolute Gasteiger partial charge is 0.482 e. The average Bonchev–Trinajstić information content (AvgIpc) is 3.13. The summed E-state index contributed by atoms with van der Waals surface area (Å²) in [6.07, 6.45) is 4.01. The maximum Gasteiger partial charge on any atom is 0.260 e. The highest BCUT2D eigenvalue weighted by Gasteiger charge is 2.25. The summed E-state index contributed by atoms with van der Waals surface area (Å²) in [4.78, 5) is 17.7. The molecule has 0 radical (unpaired) electrons. The fourth-order valence-corrected chi connectivity index (χ4v) is 4.02. The molecule has 2 heterocycles. The molecule has 0 saturated carbocycles. The first kappa shape index (κ1) is 18.2. The number of likely N-dealkylation sites (tertiary alicyclic amines) is 1. The molecule has 140 valence electrons. The standard InChI is InChI=1S/C21H20Cl2N2O2/c22-15-5-6-18(23)20(11-15)27-13-21(26)25-9-7-14(8-10-25)17-12-24-19-4-2-1-3-16(17)19/h1-6,11-12,14,24H,7-10,13H2. The van der Waals surface area contributed by atoms with E-state index in [-0.39, 0.29) is 12.5 Å². The minimum absolute atomic E-state index is 0.0246. The zero-order chi connectivity index (χ0) is 18.8. The van der Waals surface area contributed by atoms with Crippen LogP contribution in [-0.2, 0) is 4.79 Å². The Morgan fingerprint density at radius 3 is 2.74 bits per heavy atom. The highest BCUT2D eigenvalue weighted by Crippen LogP contribution is 2.33. The van der Waals surface area contributed by atoms with Gasteiger partial charge in [-0.25, -0.2) is 0 Å². The lowest BCUT2D eigenvalue weighted by Crippen LogP contribution is -2.40. The van der Waals surface area contributed by atoms with E-state index in [0.29, 0.717) is 21.7 Å². The number of hydrogen-bond acceptors (Lipinski definition) is 2. The normalized spacial score (nSPS) is 15.3. The van der Waals surface area contributed by atoms with E-state index < -0.39 is 0 Å². The van der Waals surface area contributed by atoms with Crippen LogP contribution >= 0.6 is 23.2 Å². The van der Waals surface area contributed by atoms with Crippen molar-refractivity contribution in [2.24, 2.45) is 0 Å². The molecule has 1 N–H and O–H groups in total. The molecule has 27 heavy (non-hydrogen) atoms. The number of hydrogen-bond donors (Lipinski definition) is 1. The summed E-state index contributed by atoms with van der Waals surface area (Å²) in [5, 5.41) is 2.26. The van der Waals surface area contributed by atoms with Crippen LogP contribution in [0.3, 0.4) is 0 Å². The van der Waals surface area contributed by atoms with Gasteiger partial charge in [-0.3, -0.25) is 4.79 Å². The van der Waals surface area contributed by atoms with Crippen LogP contribution in [0.15, 0.2) is 48.7 Å². The van der Waals surface area contributed by atoms with E-state index in [0.717, 1.165) is 31.4 Å². The van der Waals surface area contributed by atoms with Gasteiger partial charge in [-0.15, -0.1) is 0 Å². The highest BCUT2D eigenvalue weighted by atomic mass is 35.5. The lowest BCUT2D eigenvalue weighted by Gasteiger charge is -2.32. The van der Waals surface area contributed by atoms with E-state index in [4.69, 9.17) is 27.9 Å². The van der Waals surface area contributed by atoms with Gasteiger partial charge in [0, 0.05) is 41.3 Å². The number of halogens is 2. The van der Waals surface area contributed by atoms with Gasteiger partial charge in [0.2, 0.25) is 0 Å². The Kier molecular flexibility index (Phi) is 5.28. The molecule has 1 aromatic heterocycles. The number of ether oxygens (including phenoxy) is 1. The second-order valence-electron chi connectivity index (χ2n) is 6.81. The van der Waals surface area contributed by atoms with E-state index >= 15 is 0 Å². The first-order valence-corrected chi connectivity index (χ1v) is 9.79. The van der Waals surface area contributed by atoms with Crippen LogP contribution in [0.25, 0.3) is 10.9 Å². The van der Waals surface area contributed by atoms with Crippen molar-refractivity contribution in [3.05, 3.63) is 64.3 Å². The van der Waals surface area contributed by atoms with Crippen molar-refractivity contribution in [3.63, 3.8) is 0 Å². The molecule has 2 aromatic carbocycles. The summed E-state index contributed by atoms with van der Waals surface area (Å²) in [6.45, 7) is 1.43. The van der Waals surface area contributed by atoms with Crippen LogP contribution < -0.4 is 4.74 Å². The highest BCUT2D eigenvalue weighted by molar-refractivity contribution is 6.34. The quantitative estimate of drug-likeness (QED) is 0.646. The molecule has 0 spiro atoms. The number of nitrogens with zero attached hydrogens (tertiary/aromatic N) is 1. The number of carbonyl (C=O) groups excluding carboxylic acids is 1. The lowest BCUT2D eigenvalue weighted by atomic mass is 9.89. The number of aromatic nitrogens is 1. The molecule has 1 aliphatic heterocycles. The molecule has 4 nitrogen and oxygen atoms in total. The van der Waals surface area contributed by atoms with Crippen molar-refractivity contribution in [2.75, 3.05) is 19.7 Å². The molecule has 4 rings (SSSR count). The van der Waals surface area contributed by atoms with Crippen molar-refractivity contribution in [2.45, 2.75) is 18.8 Å². The molecule has 0 bridgehead atoms. The predicted molar refractivity (Wildman–Crippen MR) is 109 cm³/mol. The van der Waals surface area contributed by atoms with Gasteiger partial charge in [0.15, 0.2) is 6.61 Å². The molecule has 1 fully saturated rings. The second-order valence-corrected chi connectivity index (χ2v) is 7.65. The Morgan fingerprint density at radius 2 is 1.93 bits per heavy atom. The number of carbonyl (C=O) groups is 1. The average molecular weight is 403 g/mol. The maximum atomic E-state index is 12.5. The van der Waals surface area contributed by atoms with Crippen LogP contribution in [0.2, 0.25) is 10.0 Å². The van der Waals surface area contributed by atoms with Crippen LogP contribution in [0.1, 0.15) is 24.3 Å². The third-order valence-electron chi connectivity index (χ3n) is 5.15. The van der Waals surface area contributed by atoms with E-state index in [9.17, 15) is 4.79 Å². The Morgan fingerprint density at radius 1 is 1.15 bits per heavy atom. The molecular weight excluding hydrogens is 383 g/mol. The van der Waals surface area contributed by atoms with Crippen LogP contribution in [0.4, 0.5) is 0 Å². The number of rotatable bonds is 4. The number of aromatic amines is 1. The fourth-order valence-electron chi connectivity index (χ4n) is 3.69. The van der Waals surface area contributed by atoms with Crippen molar-refractivity contribution >= 4 is 40.0 Å². The Labute approximate surface area is 168 Å². The molecular formula is C21H20Cl2N2O2. The molecule has 1 saturated heterocycles. The van der Waals surface area contributed by atoms with Crippen LogP contribution in [-0.4, -0.2) is 35.5 Å².